The molecule has 124 valence electrons. The average molecular weight is 324 g/mol. The number of benzene rings is 2. The zero-order valence-corrected chi connectivity index (χ0v) is 13.6. The number of carbonyl (C=O) groups is 2. The molecular weight excluding hydrogens is 304 g/mol. The van der Waals surface area contributed by atoms with Crippen molar-refractivity contribution >= 4 is 17.5 Å². The molecule has 2 amide bonds. The second kappa shape index (κ2) is 7.17. The van der Waals surface area contributed by atoms with Gasteiger partial charge >= 0.3 is 0 Å². The quantitative estimate of drug-likeness (QED) is 0.872. The van der Waals surface area contributed by atoms with Gasteiger partial charge in [-0.05, 0) is 30.3 Å². The van der Waals surface area contributed by atoms with Gasteiger partial charge in [-0.25, -0.2) is 0 Å². The van der Waals surface area contributed by atoms with Gasteiger partial charge in [-0.15, -0.1) is 0 Å². The van der Waals surface area contributed by atoms with E-state index in [9.17, 15) is 9.59 Å². The first-order valence-electron chi connectivity index (χ1n) is 7.98. The Labute approximate surface area is 141 Å². The summed E-state index contributed by atoms with van der Waals surface area (Å²) in [6, 6.07) is 16.7. The molecule has 2 aromatic rings. The molecule has 0 atom stereocenters. The normalized spacial score (nSPS) is 15.1. The van der Waals surface area contributed by atoms with Crippen LogP contribution in [0.25, 0.3) is 0 Å². The van der Waals surface area contributed by atoms with E-state index >= 15 is 0 Å². The van der Waals surface area contributed by atoms with E-state index in [0.717, 1.165) is 5.69 Å². The molecule has 24 heavy (non-hydrogen) atoms. The predicted octanol–water partition coefficient (Wildman–Crippen LogP) is 2.57. The largest absolute Gasteiger partial charge is 0.497 e. The van der Waals surface area contributed by atoms with Crippen LogP contribution >= 0.6 is 0 Å². The Morgan fingerprint density at radius 1 is 1.00 bits per heavy atom. The van der Waals surface area contributed by atoms with Gasteiger partial charge in [0.2, 0.25) is 5.91 Å². The molecular formula is C19H20N2O3. The van der Waals surface area contributed by atoms with E-state index in [1.54, 1.807) is 41.2 Å². The second-order valence-electron chi connectivity index (χ2n) is 5.66. The summed E-state index contributed by atoms with van der Waals surface area (Å²) in [4.78, 5) is 28.6. The summed E-state index contributed by atoms with van der Waals surface area (Å²) < 4.78 is 5.18. The van der Waals surface area contributed by atoms with E-state index in [2.05, 4.69) is 0 Å². The van der Waals surface area contributed by atoms with Gasteiger partial charge in [-0.2, -0.15) is 0 Å². The van der Waals surface area contributed by atoms with E-state index in [4.69, 9.17) is 4.74 Å². The molecule has 0 N–H and O–H groups in total. The summed E-state index contributed by atoms with van der Waals surface area (Å²) in [7, 11) is 1.58. The van der Waals surface area contributed by atoms with Crippen molar-refractivity contribution in [1.82, 2.24) is 4.90 Å². The minimum absolute atomic E-state index is 0.0437. The summed E-state index contributed by atoms with van der Waals surface area (Å²) in [6.45, 7) is 1.44. The van der Waals surface area contributed by atoms with Gasteiger partial charge in [-0.1, -0.05) is 24.3 Å². The topological polar surface area (TPSA) is 49.9 Å². The fourth-order valence-electron chi connectivity index (χ4n) is 2.85. The Kier molecular flexibility index (Phi) is 4.79. The molecule has 5 heteroatoms. The summed E-state index contributed by atoms with van der Waals surface area (Å²) >= 11 is 0. The van der Waals surface area contributed by atoms with Crippen molar-refractivity contribution in [3.63, 3.8) is 0 Å². The van der Waals surface area contributed by atoms with Gasteiger partial charge in [-0.3, -0.25) is 9.59 Å². The van der Waals surface area contributed by atoms with Crippen molar-refractivity contribution in [2.75, 3.05) is 31.6 Å². The Morgan fingerprint density at radius 2 is 1.79 bits per heavy atom. The molecule has 0 unspecified atom stereocenters. The third-order valence-corrected chi connectivity index (χ3v) is 4.16. The smallest absolute Gasteiger partial charge is 0.254 e. The van der Waals surface area contributed by atoms with Crippen molar-refractivity contribution in [1.29, 1.82) is 0 Å². The highest BCUT2D eigenvalue weighted by Gasteiger charge is 2.25. The molecule has 0 aromatic heterocycles. The minimum Gasteiger partial charge on any atom is -0.497 e. The highest BCUT2D eigenvalue weighted by atomic mass is 16.5. The van der Waals surface area contributed by atoms with Crippen LogP contribution in [0.4, 0.5) is 5.69 Å². The number of methoxy groups -OCH3 is 1. The van der Waals surface area contributed by atoms with Crippen LogP contribution in [0.15, 0.2) is 54.6 Å². The molecule has 0 spiro atoms. The number of amides is 2. The lowest BCUT2D eigenvalue weighted by Gasteiger charge is -2.22. The predicted molar refractivity (Wildman–Crippen MR) is 92.3 cm³/mol. The number of rotatable bonds is 3. The Bertz CT molecular complexity index is 730. The summed E-state index contributed by atoms with van der Waals surface area (Å²) in [6.07, 6.45) is 0.324. The number of nitrogens with zero attached hydrogens (tertiary/aromatic N) is 2. The fourth-order valence-corrected chi connectivity index (χ4v) is 2.85. The van der Waals surface area contributed by atoms with E-state index < -0.39 is 0 Å². The number of ether oxygens (including phenoxy) is 1. The van der Waals surface area contributed by atoms with Crippen molar-refractivity contribution in [2.45, 2.75) is 6.42 Å². The van der Waals surface area contributed by atoms with E-state index in [0.29, 0.717) is 37.4 Å². The highest BCUT2D eigenvalue weighted by Crippen LogP contribution is 2.19. The first-order chi connectivity index (χ1) is 11.7. The summed E-state index contributed by atoms with van der Waals surface area (Å²) in [5.41, 5.74) is 1.45. The standard InChI is InChI=1S/C19H20N2O3/c1-24-17-9-5-6-15(14-17)19(23)20-11-10-18(22)21(13-12-20)16-7-3-2-4-8-16/h2-9,14H,10-13H2,1H3. The van der Waals surface area contributed by atoms with Gasteiger partial charge in [0.15, 0.2) is 0 Å². The van der Waals surface area contributed by atoms with Crippen LogP contribution in [0.1, 0.15) is 16.8 Å². The third kappa shape index (κ3) is 3.40. The Hall–Kier alpha value is -2.82. The van der Waals surface area contributed by atoms with Crippen molar-refractivity contribution in [2.24, 2.45) is 0 Å². The van der Waals surface area contributed by atoms with Gasteiger partial charge in [0, 0.05) is 37.3 Å². The molecule has 1 heterocycles. The van der Waals surface area contributed by atoms with Crippen molar-refractivity contribution < 1.29 is 14.3 Å². The molecule has 1 fully saturated rings. The zero-order chi connectivity index (χ0) is 16.9. The van der Waals surface area contributed by atoms with Crippen LogP contribution in [0.5, 0.6) is 5.75 Å². The number of hydrogen-bond acceptors (Lipinski definition) is 3. The molecule has 5 nitrogen and oxygen atoms in total. The molecule has 1 saturated heterocycles. The molecule has 0 radical (unpaired) electrons. The SMILES string of the molecule is COc1cccc(C(=O)N2CCC(=O)N(c3ccccc3)CC2)c1. The van der Waals surface area contributed by atoms with Crippen LogP contribution in [-0.2, 0) is 4.79 Å². The average Bonchev–Trinajstić information content (AvgIpc) is 2.83. The van der Waals surface area contributed by atoms with E-state index in [1.807, 2.05) is 30.3 Å². The lowest BCUT2D eigenvalue weighted by molar-refractivity contribution is -0.118. The summed E-state index contributed by atoms with van der Waals surface area (Å²) in [5.74, 6) is 0.622. The number of carbonyl (C=O) groups excluding carboxylic acids is 2. The Balaban J connectivity index is 1.75. The molecule has 1 aliphatic rings. The first kappa shape index (κ1) is 16.1. The molecule has 0 bridgehead atoms. The summed E-state index contributed by atoms with van der Waals surface area (Å²) in [5, 5.41) is 0. The van der Waals surface area contributed by atoms with Gasteiger partial charge in [0.05, 0.1) is 7.11 Å². The van der Waals surface area contributed by atoms with Crippen LogP contribution in [0.3, 0.4) is 0 Å². The Morgan fingerprint density at radius 3 is 2.54 bits per heavy atom. The molecule has 3 rings (SSSR count). The lowest BCUT2D eigenvalue weighted by Crippen LogP contribution is -2.35. The first-order valence-corrected chi connectivity index (χ1v) is 7.98. The molecule has 0 aliphatic carbocycles. The van der Waals surface area contributed by atoms with Crippen LogP contribution in [-0.4, -0.2) is 43.5 Å². The maximum atomic E-state index is 12.7. The van der Waals surface area contributed by atoms with Crippen LogP contribution < -0.4 is 9.64 Å². The van der Waals surface area contributed by atoms with E-state index in [-0.39, 0.29) is 11.8 Å². The molecule has 2 aromatic carbocycles. The van der Waals surface area contributed by atoms with E-state index in [1.165, 1.54) is 0 Å². The number of anilines is 1. The third-order valence-electron chi connectivity index (χ3n) is 4.16. The second-order valence-corrected chi connectivity index (χ2v) is 5.66. The van der Waals surface area contributed by atoms with Crippen LogP contribution in [0, 0.1) is 0 Å². The molecule has 0 saturated carbocycles. The fraction of sp³-hybridized carbons (Fsp3) is 0.263. The maximum absolute atomic E-state index is 12.7. The maximum Gasteiger partial charge on any atom is 0.254 e. The van der Waals surface area contributed by atoms with Crippen LogP contribution in [0.2, 0.25) is 0 Å². The zero-order valence-electron chi connectivity index (χ0n) is 13.6. The van der Waals surface area contributed by atoms with Gasteiger partial charge < -0.3 is 14.5 Å². The highest BCUT2D eigenvalue weighted by molar-refractivity contribution is 5.97. The van der Waals surface area contributed by atoms with Gasteiger partial charge in [0.1, 0.15) is 5.75 Å². The van der Waals surface area contributed by atoms with Gasteiger partial charge in [0.25, 0.3) is 5.91 Å². The van der Waals surface area contributed by atoms with Crippen molar-refractivity contribution in [3.8, 4) is 5.75 Å². The monoisotopic (exact) mass is 324 g/mol. The lowest BCUT2D eigenvalue weighted by atomic mass is 10.2. The minimum atomic E-state index is -0.0726. The van der Waals surface area contributed by atoms with Crippen molar-refractivity contribution in [3.05, 3.63) is 60.2 Å². The molecule has 1 aliphatic heterocycles. The number of para-hydroxylation sites is 1. The number of hydrogen-bond donors (Lipinski definition) is 0.